The minimum atomic E-state index is 0. The summed E-state index contributed by atoms with van der Waals surface area (Å²) in [5.41, 5.74) is 12.0. The van der Waals surface area contributed by atoms with E-state index in [4.69, 9.17) is 26.8 Å². The normalized spacial score (nSPS) is 24.6. The van der Waals surface area contributed by atoms with Gasteiger partial charge in [0.2, 0.25) is 0 Å². The summed E-state index contributed by atoms with van der Waals surface area (Å²) in [6.45, 7) is 1.96. The highest BCUT2D eigenvalue weighted by atomic mass is 35.5. The minimum Gasteiger partial charge on any atom is -0.497 e. The summed E-state index contributed by atoms with van der Waals surface area (Å²) in [6.07, 6.45) is 4.83. The SMILES string of the molecule is COC1=C(OC)CC2=C3C[C@@H](N)[C@H](c4cccc(Cl)c4)CN3CCC2=C1.Cl. The highest BCUT2D eigenvalue weighted by Crippen LogP contribution is 2.43. The molecule has 3 aliphatic rings. The third-order valence-electron chi connectivity index (χ3n) is 5.79. The van der Waals surface area contributed by atoms with Crippen molar-refractivity contribution >= 4 is 24.0 Å². The number of benzene rings is 1. The molecule has 1 fully saturated rings. The first kappa shape index (κ1) is 20.1. The second-order valence-corrected chi connectivity index (χ2v) is 7.63. The second kappa shape index (κ2) is 8.17. The molecule has 2 N–H and O–H groups in total. The molecule has 0 unspecified atom stereocenters. The second-order valence-electron chi connectivity index (χ2n) is 7.19. The van der Waals surface area contributed by atoms with Crippen molar-refractivity contribution in [1.29, 1.82) is 0 Å². The fourth-order valence-corrected chi connectivity index (χ4v) is 4.60. The van der Waals surface area contributed by atoms with E-state index in [2.05, 4.69) is 23.1 Å². The standard InChI is InChI=1S/C21H25ClN2O2.ClH/c1-25-20-9-14-6-7-24-12-17(13-4-3-5-15(22)8-13)18(23)11-19(24)16(14)10-21(20)26-2;/h3-5,8-9,17-18H,6-7,10-12,23H2,1-2H3;1H/t17-,18+;/m0./s1. The molecule has 27 heavy (non-hydrogen) atoms. The van der Waals surface area contributed by atoms with E-state index in [1.54, 1.807) is 14.2 Å². The molecule has 2 atom stereocenters. The number of fused-ring (bicyclic) bond motifs is 2. The van der Waals surface area contributed by atoms with Gasteiger partial charge >= 0.3 is 0 Å². The number of nitrogens with zero attached hydrogens (tertiary/aromatic N) is 1. The van der Waals surface area contributed by atoms with Crippen LogP contribution in [0.1, 0.15) is 30.7 Å². The highest BCUT2D eigenvalue weighted by molar-refractivity contribution is 6.30. The largest absolute Gasteiger partial charge is 0.497 e. The quantitative estimate of drug-likeness (QED) is 0.806. The maximum atomic E-state index is 6.62. The van der Waals surface area contributed by atoms with E-state index in [1.165, 1.54) is 22.4 Å². The number of rotatable bonds is 3. The number of hydrogen-bond acceptors (Lipinski definition) is 4. The molecule has 0 spiro atoms. The van der Waals surface area contributed by atoms with Crippen molar-refractivity contribution in [3.05, 3.63) is 69.3 Å². The van der Waals surface area contributed by atoms with Gasteiger partial charge in [-0.05, 0) is 41.3 Å². The number of allylic oxidation sites excluding steroid dienone is 2. The monoisotopic (exact) mass is 408 g/mol. The van der Waals surface area contributed by atoms with Crippen LogP contribution in [0.2, 0.25) is 5.02 Å². The molecule has 1 aromatic rings. The lowest BCUT2D eigenvalue weighted by molar-refractivity contribution is 0.211. The van der Waals surface area contributed by atoms with Crippen LogP contribution in [0.25, 0.3) is 0 Å². The lowest BCUT2D eigenvalue weighted by atomic mass is 9.79. The van der Waals surface area contributed by atoms with E-state index >= 15 is 0 Å². The average Bonchev–Trinajstić information content (AvgIpc) is 2.66. The van der Waals surface area contributed by atoms with Gasteiger partial charge in [-0.2, -0.15) is 0 Å². The van der Waals surface area contributed by atoms with E-state index in [0.717, 1.165) is 48.9 Å². The third kappa shape index (κ3) is 3.71. The van der Waals surface area contributed by atoms with Crippen molar-refractivity contribution in [1.82, 2.24) is 4.90 Å². The number of ether oxygens (including phenoxy) is 2. The Morgan fingerprint density at radius 3 is 2.74 bits per heavy atom. The smallest absolute Gasteiger partial charge is 0.157 e. The van der Waals surface area contributed by atoms with Crippen LogP contribution in [0.5, 0.6) is 0 Å². The molecule has 0 bridgehead atoms. The van der Waals surface area contributed by atoms with Crippen molar-refractivity contribution in [3.8, 4) is 0 Å². The molecule has 0 aromatic heterocycles. The van der Waals surface area contributed by atoms with Gasteiger partial charge < -0.3 is 20.1 Å². The van der Waals surface area contributed by atoms with Crippen molar-refractivity contribution in [2.24, 2.45) is 5.73 Å². The van der Waals surface area contributed by atoms with Crippen molar-refractivity contribution in [2.75, 3.05) is 27.3 Å². The number of methoxy groups -OCH3 is 2. The van der Waals surface area contributed by atoms with E-state index < -0.39 is 0 Å². The zero-order valence-corrected chi connectivity index (χ0v) is 17.3. The molecule has 1 aliphatic carbocycles. The van der Waals surface area contributed by atoms with Crippen LogP contribution in [-0.4, -0.2) is 38.3 Å². The predicted octanol–water partition coefficient (Wildman–Crippen LogP) is 4.37. The Morgan fingerprint density at radius 2 is 2.04 bits per heavy atom. The third-order valence-corrected chi connectivity index (χ3v) is 6.03. The van der Waals surface area contributed by atoms with Gasteiger partial charge in [-0.25, -0.2) is 0 Å². The maximum absolute atomic E-state index is 6.62. The predicted molar refractivity (Wildman–Crippen MR) is 111 cm³/mol. The molecule has 0 radical (unpaired) electrons. The lowest BCUT2D eigenvalue weighted by Crippen LogP contribution is -2.46. The number of piperidine rings is 1. The van der Waals surface area contributed by atoms with Crippen LogP contribution >= 0.6 is 24.0 Å². The topological polar surface area (TPSA) is 47.7 Å². The Kier molecular flexibility index (Phi) is 6.09. The molecule has 0 saturated carbocycles. The summed E-state index contributed by atoms with van der Waals surface area (Å²) >= 11 is 6.20. The summed E-state index contributed by atoms with van der Waals surface area (Å²) in [7, 11) is 3.41. The van der Waals surface area contributed by atoms with Crippen LogP contribution in [0.15, 0.2) is 58.7 Å². The van der Waals surface area contributed by atoms with E-state index in [-0.39, 0.29) is 18.4 Å². The fraction of sp³-hybridized carbons (Fsp3) is 0.429. The molecule has 4 rings (SSSR count). The van der Waals surface area contributed by atoms with Gasteiger partial charge in [0.25, 0.3) is 0 Å². The molecule has 2 heterocycles. The number of hydrogen-bond donors (Lipinski definition) is 1. The van der Waals surface area contributed by atoms with E-state index in [9.17, 15) is 0 Å². The molecule has 1 saturated heterocycles. The summed E-state index contributed by atoms with van der Waals surface area (Å²) in [4.78, 5) is 2.51. The zero-order chi connectivity index (χ0) is 18.3. The van der Waals surface area contributed by atoms with Crippen molar-refractivity contribution in [3.63, 3.8) is 0 Å². The Balaban J connectivity index is 0.00000210. The van der Waals surface area contributed by atoms with Gasteiger partial charge in [0.05, 0.1) is 14.2 Å². The summed E-state index contributed by atoms with van der Waals surface area (Å²) in [5.74, 6) is 2.04. The minimum absolute atomic E-state index is 0. The molecule has 6 heteroatoms. The number of halogens is 2. The summed E-state index contributed by atoms with van der Waals surface area (Å²) in [6, 6.07) is 8.21. The maximum Gasteiger partial charge on any atom is 0.157 e. The van der Waals surface area contributed by atoms with Crippen molar-refractivity contribution in [2.45, 2.75) is 31.2 Å². The molecule has 2 aliphatic heterocycles. The summed E-state index contributed by atoms with van der Waals surface area (Å²) < 4.78 is 11.1. The van der Waals surface area contributed by atoms with Gasteiger partial charge in [-0.3, -0.25) is 0 Å². The lowest BCUT2D eigenvalue weighted by Gasteiger charge is -2.45. The zero-order valence-electron chi connectivity index (χ0n) is 15.7. The van der Waals surface area contributed by atoms with Gasteiger partial charge in [0.15, 0.2) is 5.76 Å². The molecular weight excluding hydrogens is 383 g/mol. The van der Waals surface area contributed by atoms with Crippen LogP contribution in [0.3, 0.4) is 0 Å². The van der Waals surface area contributed by atoms with Gasteiger partial charge in [-0.1, -0.05) is 23.7 Å². The Hall–Kier alpha value is -1.62. The Labute approximate surface area is 172 Å². The van der Waals surface area contributed by atoms with Gasteiger partial charge in [0, 0.05) is 48.6 Å². The Morgan fingerprint density at radius 1 is 1.22 bits per heavy atom. The summed E-state index contributed by atoms with van der Waals surface area (Å²) in [5, 5.41) is 0.775. The highest BCUT2D eigenvalue weighted by Gasteiger charge is 2.36. The van der Waals surface area contributed by atoms with Crippen LogP contribution in [0, 0.1) is 0 Å². The Bertz CT molecular complexity index is 816. The van der Waals surface area contributed by atoms with E-state index in [0.29, 0.717) is 5.92 Å². The van der Waals surface area contributed by atoms with Gasteiger partial charge in [0.1, 0.15) is 5.76 Å². The first-order chi connectivity index (χ1) is 12.6. The first-order valence-corrected chi connectivity index (χ1v) is 9.48. The van der Waals surface area contributed by atoms with Crippen LogP contribution in [-0.2, 0) is 9.47 Å². The molecule has 1 aromatic carbocycles. The first-order valence-electron chi connectivity index (χ1n) is 9.10. The van der Waals surface area contributed by atoms with Crippen LogP contribution in [0.4, 0.5) is 0 Å². The molecular formula is C21H26Cl2N2O2. The van der Waals surface area contributed by atoms with Gasteiger partial charge in [-0.15, -0.1) is 12.4 Å². The average molecular weight is 409 g/mol. The van der Waals surface area contributed by atoms with Crippen molar-refractivity contribution < 1.29 is 9.47 Å². The molecule has 4 nitrogen and oxygen atoms in total. The molecule has 0 amide bonds. The van der Waals surface area contributed by atoms with Crippen LogP contribution < -0.4 is 5.73 Å². The van der Waals surface area contributed by atoms with E-state index in [1.807, 2.05) is 12.1 Å². The fourth-order valence-electron chi connectivity index (χ4n) is 4.41. The molecule has 146 valence electrons. The number of nitrogens with two attached hydrogens (primary N) is 1.